The lowest BCUT2D eigenvalue weighted by atomic mass is 9.80. The van der Waals surface area contributed by atoms with Crippen LogP contribution in [0.5, 0.6) is 0 Å². The van der Waals surface area contributed by atoms with Crippen LogP contribution in [0.25, 0.3) is 0 Å². The normalized spacial score (nSPS) is 27.0. The van der Waals surface area contributed by atoms with Crippen molar-refractivity contribution in [3.05, 3.63) is 82.9 Å². The van der Waals surface area contributed by atoms with Gasteiger partial charge in [0.1, 0.15) is 5.82 Å². The van der Waals surface area contributed by atoms with Crippen LogP contribution in [0.2, 0.25) is 5.02 Å². The van der Waals surface area contributed by atoms with E-state index in [9.17, 15) is 9.59 Å². The van der Waals surface area contributed by atoms with E-state index in [2.05, 4.69) is 37.6 Å². The van der Waals surface area contributed by atoms with Crippen molar-refractivity contribution in [2.45, 2.75) is 50.2 Å². The Balaban J connectivity index is 1.26. The Labute approximate surface area is 215 Å². The highest BCUT2D eigenvalue weighted by Gasteiger charge is 2.49. The minimum atomic E-state index is -0.224. The van der Waals surface area contributed by atoms with Gasteiger partial charge in [-0.2, -0.15) is 0 Å². The number of aromatic amines is 1. The number of imidazole rings is 1. The number of benzene rings is 2. The third-order valence-corrected chi connectivity index (χ3v) is 8.32. The van der Waals surface area contributed by atoms with Gasteiger partial charge in [0.15, 0.2) is 0 Å². The minimum Gasteiger partial charge on any atom is -0.375 e. The van der Waals surface area contributed by atoms with Crippen LogP contribution >= 0.6 is 11.6 Å². The summed E-state index contributed by atoms with van der Waals surface area (Å²) < 4.78 is 0. The molecule has 3 heterocycles. The summed E-state index contributed by atoms with van der Waals surface area (Å²) in [5, 5.41) is 7.44. The van der Waals surface area contributed by atoms with E-state index in [1.165, 1.54) is 0 Å². The number of aromatic nitrogens is 2. The summed E-state index contributed by atoms with van der Waals surface area (Å²) in [6.07, 6.45) is 8.14. The molecular weight excluding hydrogens is 474 g/mol. The molecule has 186 valence electrons. The molecule has 2 fully saturated rings. The number of nitrogens with one attached hydrogen (secondary N) is 3. The highest BCUT2D eigenvalue weighted by atomic mass is 35.5. The van der Waals surface area contributed by atoms with E-state index < -0.39 is 0 Å². The Bertz CT molecular complexity index is 1250. The van der Waals surface area contributed by atoms with Crippen LogP contribution in [0.3, 0.4) is 0 Å². The van der Waals surface area contributed by atoms with Gasteiger partial charge in [0.2, 0.25) is 5.91 Å². The number of halogens is 1. The maximum Gasteiger partial charge on any atom is 0.251 e. The molecule has 0 spiro atoms. The average Bonchev–Trinajstić information content (AvgIpc) is 3.60. The van der Waals surface area contributed by atoms with Gasteiger partial charge in [-0.3, -0.25) is 9.59 Å². The number of hydrogen-bond acceptors (Lipinski definition) is 4. The number of amides is 2. The molecule has 3 N–H and O–H groups in total. The summed E-state index contributed by atoms with van der Waals surface area (Å²) in [6.45, 7) is 0.704. The molecule has 2 aromatic carbocycles. The first-order chi connectivity index (χ1) is 17.6. The molecule has 3 aliphatic rings. The smallest absolute Gasteiger partial charge is 0.251 e. The molecule has 0 bridgehead atoms. The van der Waals surface area contributed by atoms with E-state index in [1.54, 1.807) is 30.5 Å². The van der Waals surface area contributed by atoms with Gasteiger partial charge in [0.25, 0.3) is 5.91 Å². The SMILES string of the molecule is O=C(N[C@@H]1CCCC[C@@H]1C(=O)N1CC[C@H]2[C@H](c3ncc[nH]3)Nc3ccccc3[C@@H]21)c1ccc(Cl)cc1. The summed E-state index contributed by atoms with van der Waals surface area (Å²) in [4.78, 5) is 37.0. The predicted octanol–water partition coefficient (Wildman–Crippen LogP) is 5.11. The molecule has 0 unspecified atom stereocenters. The number of rotatable bonds is 4. The van der Waals surface area contributed by atoms with E-state index in [0.717, 1.165) is 49.2 Å². The van der Waals surface area contributed by atoms with Crippen LogP contribution in [0.1, 0.15) is 65.9 Å². The van der Waals surface area contributed by atoms with Gasteiger partial charge in [0.05, 0.1) is 18.0 Å². The quantitative estimate of drug-likeness (QED) is 0.461. The number of carbonyl (C=O) groups excluding carboxylic acids is 2. The van der Waals surface area contributed by atoms with Gasteiger partial charge in [-0.15, -0.1) is 0 Å². The van der Waals surface area contributed by atoms with E-state index in [-0.39, 0.29) is 41.8 Å². The van der Waals surface area contributed by atoms with E-state index >= 15 is 0 Å². The monoisotopic (exact) mass is 503 g/mol. The lowest BCUT2D eigenvalue weighted by Crippen LogP contribution is -2.50. The first-order valence-corrected chi connectivity index (χ1v) is 13.2. The van der Waals surface area contributed by atoms with Crippen molar-refractivity contribution >= 4 is 29.1 Å². The van der Waals surface area contributed by atoms with Crippen molar-refractivity contribution in [1.82, 2.24) is 20.2 Å². The molecule has 8 heteroatoms. The van der Waals surface area contributed by atoms with Crippen molar-refractivity contribution in [1.29, 1.82) is 0 Å². The Kier molecular flexibility index (Phi) is 6.17. The lowest BCUT2D eigenvalue weighted by Gasteiger charge is -2.41. The van der Waals surface area contributed by atoms with E-state index in [1.807, 2.05) is 18.3 Å². The lowest BCUT2D eigenvalue weighted by molar-refractivity contribution is -0.138. The highest BCUT2D eigenvalue weighted by molar-refractivity contribution is 6.30. The summed E-state index contributed by atoms with van der Waals surface area (Å²) in [5.41, 5.74) is 2.77. The molecule has 2 aliphatic heterocycles. The average molecular weight is 504 g/mol. The molecule has 5 atom stereocenters. The largest absolute Gasteiger partial charge is 0.375 e. The zero-order chi connectivity index (χ0) is 24.6. The van der Waals surface area contributed by atoms with Gasteiger partial charge in [-0.05, 0) is 55.2 Å². The van der Waals surface area contributed by atoms with Gasteiger partial charge in [-0.1, -0.05) is 42.6 Å². The number of carbonyl (C=O) groups is 2. The third kappa shape index (κ3) is 4.15. The molecule has 7 nitrogen and oxygen atoms in total. The highest BCUT2D eigenvalue weighted by Crippen LogP contribution is 2.51. The second-order valence-electron chi connectivity index (χ2n) is 10.1. The Morgan fingerprint density at radius 2 is 1.83 bits per heavy atom. The second-order valence-corrected chi connectivity index (χ2v) is 10.5. The molecule has 2 amide bonds. The van der Waals surface area contributed by atoms with Crippen LogP contribution in [0, 0.1) is 11.8 Å². The van der Waals surface area contributed by atoms with Crippen molar-refractivity contribution in [2.24, 2.45) is 11.8 Å². The Morgan fingerprint density at radius 3 is 2.64 bits per heavy atom. The molecular formula is C28H30ClN5O2. The van der Waals surface area contributed by atoms with E-state index in [4.69, 9.17) is 11.6 Å². The van der Waals surface area contributed by atoms with Crippen LogP contribution < -0.4 is 10.6 Å². The number of nitrogens with zero attached hydrogens (tertiary/aromatic N) is 2. The number of para-hydroxylation sites is 1. The summed E-state index contributed by atoms with van der Waals surface area (Å²) in [7, 11) is 0. The van der Waals surface area contributed by atoms with Crippen LogP contribution in [-0.4, -0.2) is 39.3 Å². The third-order valence-electron chi connectivity index (χ3n) is 8.07. The minimum absolute atomic E-state index is 0.0143. The van der Waals surface area contributed by atoms with Gasteiger partial charge in [0, 0.05) is 47.2 Å². The molecule has 0 radical (unpaired) electrons. The van der Waals surface area contributed by atoms with Crippen LogP contribution in [0.15, 0.2) is 60.9 Å². The first kappa shape index (κ1) is 23.1. The van der Waals surface area contributed by atoms with Crippen LogP contribution in [0.4, 0.5) is 5.69 Å². The van der Waals surface area contributed by atoms with Gasteiger partial charge in [-0.25, -0.2) is 4.98 Å². The maximum absolute atomic E-state index is 14.1. The predicted molar refractivity (Wildman–Crippen MR) is 139 cm³/mol. The maximum atomic E-state index is 14.1. The molecule has 36 heavy (non-hydrogen) atoms. The summed E-state index contributed by atoms with van der Waals surface area (Å²) in [6, 6.07) is 15.0. The van der Waals surface area contributed by atoms with Gasteiger partial charge < -0.3 is 20.5 Å². The Hall–Kier alpha value is -3.32. The van der Waals surface area contributed by atoms with Crippen molar-refractivity contribution < 1.29 is 9.59 Å². The molecule has 1 aliphatic carbocycles. The van der Waals surface area contributed by atoms with Crippen molar-refractivity contribution in [2.75, 3.05) is 11.9 Å². The number of anilines is 1. The Morgan fingerprint density at radius 1 is 1.03 bits per heavy atom. The second kappa shape index (κ2) is 9.62. The zero-order valence-electron chi connectivity index (χ0n) is 20.0. The van der Waals surface area contributed by atoms with Crippen LogP contribution in [-0.2, 0) is 4.79 Å². The number of H-pyrrole nitrogens is 1. The van der Waals surface area contributed by atoms with Gasteiger partial charge >= 0.3 is 0 Å². The zero-order valence-corrected chi connectivity index (χ0v) is 20.7. The molecule has 3 aromatic rings. The molecule has 1 saturated carbocycles. The van der Waals surface area contributed by atoms with Crippen molar-refractivity contribution in [3.63, 3.8) is 0 Å². The standard InChI is InChI=1S/C28H30ClN5O2/c29-18-11-9-17(10-12-18)27(35)33-23-8-4-2-6-20(23)28(36)34-16-13-21-24(26-30-14-15-31-26)32-22-7-3-1-5-19(22)25(21)34/h1,3,5,7,9-12,14-15,20-21,23-25,32H,2,4,6,8,13,16H2,(H,30,31)(H,33,35)/t20-,21-,23+,24+,25-/m0/s1. The number of fused-ring (bicyclic) bond motifs is 3. The molecule has 1 saturated heterocycles. The van der Waals surface area contributed by atoms with E-state index in [0.29, 0.717) is 17.1 Å². The fraction of sp³-hybridized carbons (Fsp3) is 0.393. The summed E-state index contributed by atoms with van der Waals surface area (Å²) in [5.74, 6) is 0.900. The molecule has 1 aromatic heterocycles. The molecule has 6 rings (SSSR count). The summed E-state index contributed by atoms with van der Waals surface area (Å²) >= 11 is 5.99. The fourth-order valence-electron chi connectivity index (χ4n) is 6.36. The van der Waals surface area contributed by atoms with Crippen molar-refractivity contribution in [3.8, 4) is 0 Å². The first-order valence-electron chi connectivity index (χ1n) is 12.8. The fourth-order valence-corrected chi connectivity index (χ4v) is 6.48. The number of likely N-dealkylation sites (tertiary alicyclic amines) is 1. The topological polar surface area (TPSA) is 90.1 Å². The number of hydrogen-bond donors (Lipinski definition) is 3.